The first-order valence-electron chi connectivity index (χ1n) is 8.39. The third-order valence-electron chi connectivity index (χ3n) is 4.38. The topological polar surface area (TPSA) is 53.5 Å². The van der Waals surface area contributed by atoms with Gasteiger partial charge in [0.05, 0.1) is 19.7 Å². The van der Waals surface area contributed by atoms with E-state index in [2.05, 4.69) is 5.10 Å². The van der Waals surface area contributed by atoms with Crippen LogP contribution in [0.4, 0.5) is 0 Å². The van der Waals surface area contributed by atoms with Crippen LogP contribution in [0.15, 0.2) is 36.7 Å². The Morgan fingerprint density at radius 1 is 1.42 bits per heavy atom. The van der Waals surface area contributed by atoms with E-state index in [1.54, 1.807) is 6.33 Å². The SMILES string of the molecule is CCOC(=O)[C@H]1CCC[NH+](Cn2ncn(-c3ccccc3)c2=S)C1. The largest absolute Gasteiger partial charge is 0.466 e. The summed E-state index contributed by atoms with van der Waals surface area (Å²) >= 11 is 5.56. The van der Waals surface area contributed by atoms with Crippen LogP contribution >= 0.6 is 12.2 Å². The van der Waals surface area contributed by atoms with Crippen LogP contribution < -0.4 is 4.90 Å². The van der Waals surface area contributed by atoms with E-state index in [0.29, 0.717) is 18.0 Å². The summed E-state index contributed by atoms with van der Waals surface area (Å²) in [7, 11) is 0. The molecule has 7 heteroatoms. The van der Waals surface area contributed by atoms with Crippen molar-refractivity contribution in [2.75, 3.05) is 19.7 Å². The van der Waals surface area contributed by atoms with Crippen LogP contribution in [0, 0.1) is 10.7 Å². The van der Waals surface area contributed by atoms with Gasteiger partial charge in [0.25, 0.3) is 0 Å². The normalized spacial score (nSPS) is 20.7. The minimum atomic E-state index is -0.0758. The van der Waals surface area contributed by atoms with Crippen LogP contribution in [-0.2, 0) is 16.2 Å². The molecule has 1 fully saturated rings. The molecule has 1 N–H and O–H groups in total. The number of nitrogens with zero attached hydrogens (tertiary/aromatic N) is 3. The second-order valence-electron chi connectivity index (χ2n) is 6.07. The first-order valence-corrected chi connectivity index (χ1v) is 8.80. The van der Waals surface area contributed by atoms with Gasteiger partial charge >= 0.3 is 5.97 Å². The number of quaternary nitrogens is 1. The number of carbonyl (C=O) groups excluding carboxylic acids is 1. The average Bonchev–Trinajstić information content (AvgIpc) is 2.97. The Labute approximate surface area is 146 Å². The van der Waals surface area contributed by atoms with Gasteiger partial charge < -0.3 is 9.64 Å². The summed E-state index contributed by atoms with van der Waals surface area (Å²) in [5, 5.41) is 4.43. The Kier molecular flexibility index (Phi) is 5.42. The molecule has 1 saturated heterocycles. The van der Waals surface area contributed by atoms with Crippen molar-refractivity contribution in [3.8, 4) is 5.69 Å². The van der Waals surface area contributed by atoms with Gasteiger partial charge in [-0.15, -0.1) is 0 Å². The highest BCUT2D eigenvalue weighted by Gasteiger charge is 2.30. The molecule has 6 nitrogen and oxygen atoms in total. The summed E-state index contributed by atoms with van der Waals surface area (Å²) in [4.78, 5) is 13.3. The van der Waals surface area contributed by atoms with Crippen LogP contribution in [0.5, 0.6) is 0 Å². The summed E-state index contributed by atoms with van der Waals surface area (Å²) < 4.78 is 9.58. The third kappa shape index (κ3) is 3.73. The lowest BCUT2D eigenvalue weighted by molar-refractivity contribution is -0.930. The lowest BCUT2D eigenvalue weighted by Gasteiger charge is -2.28. The summed E-state index contributed by atoms with van der Waals surface area (Å²) in [5.41, 5.74) is 1.01. The Hall–Kier alpha value is -1.99. The molecule has 24 heavy (non-hydrogen) atoms. The molecule has 2 heterocycles. The van der Waals surface area contributed by atoms with Gasteiger partial charge in [-0.2, -0.15) is 9.78 Å². The smallest absolute Gasteiger partial charge is 0.314 e. The predicted molar refractivity (Wildman–Crippen MR) is 92.4 cm³/mol. The summed E-state index contributed by atoms with van der Waals surface area (Å²) in [5.74, 6) is -0.0906. The molecule has 0 aliphatic carbocycles. The molecule has 2 aromatic rings. The maximum Gasteiger partial charge on any atom is 0.314 e. The maximum absolute atomic E-state index is 12.0. The van der Waals surface area contributed by atoms with Crippen LogP contribution in [0.3, 0.4) is 0 Å². The molecule has 2 atom stereocenters. The molecule has 0 saturated carbocycles. The molecule has 1 aliphatic heterocycles. The Bertz CT molecular complexity index is 741. The zero-order valence-electron chi connectivity index (χ0n) is 13.9. The molecular formula is C17H23N4O2S+. The number of benzene rings is 1. The molecule has 0 amide bonds. The fraction of sp³-hybridized carbons (Fsp3) is 0.471. The van der Waals surface area contributed by atoms with Gasteiger partial charge in [0, 0.05) is 5.69 Å². The van der Waals surface area contributed by atoms with Crippen molar-refractivity contribution in [1.29, 1.82) is 0 Å². The number of nitrogens with one attached hydrogen (secondary N) is 1. The van der Waals surface area contributed by atoms with E-state index in [1.165, 1.54) is 4.90 Å². The zero-order valence-corrected chi connectivity index (χ0v) is 14.7. The van der Waals surface area contributed by atoms with E-state index < -0.39 is 0 Å². The van der Waals surface area contributed by atoms with Crippen molar-refractivity contribution in [2.45, 2.75) is 26.4 Å². The lowest BCUT2D eigenvalue weighted by atomic mass is 9.99. The molecule has 0 bridgehead atoms. The number of hydrogen-bond donors (Lipinski definition) is 1. The summed E-state index contributed by atoms with van der Waals surface area (Å²) in [6, 6.07) is 9.95. The maximum atomic E-state index is 12.0. The number of hydrogen-bond acceptors (Lipinski definition) is 4. The van der Waals surface area contributed by atoms with Gasteiger partial charge in [0.15, 0.2) is 6.67 Å². The van der Waals surface area contributed by atoms with Crippen molar-refractivity contribution in [3.05, 3.63) is 41.4 Å². The molecule has 0 spiro atoms. The number of piperidine rings is 1. The van der Waals surface area contributed by atoms with Crippen molar-refractivity contribution in [2.24, 2.45) is 5.92 Å². The minimum Gasteiger partial charge on any atom is -0.466 e. The molecule has 128 valence electrons. The van der Waals surface area contributed by atoms with Crippen LogP contribution in [0.25, 0.3) is 5.69 Å². The molecule has 1 aromatic heterocycles. The standard InChI is InChI=1S/C17H22N4O2S/c1-2-23-16(22)14-7-6-10-19(11-14)13-21-17(24)20(12-18-21)15-8-4-3-5-9-15/h3-5,8-9,12,14H,2,6-7,10-11,13H2,1H3/p+1/t14-/m0/s1. The molecule has 3 rings (SSSR count). The van der Waals surface area contributed by atoms with Gasteiger partial charge in [0.1, 0.15) is 12.2 Å². The number of ether oxygens (including phenoxy) is 1. The quantitative estimate of drug-likeness (QED) is 0.653. The molecular weight excluding hydrogens is 324 g/mol. The van der Waals surface area contributed by atoms with Crippen LogP contribution in [0.1, 0.15) is 19.8 Å². The fourth-order valence-corrected chi connectivity index (χ4v) is 3.44. The van der Waals surface area contributed by atoms with Crippen molar-refractivity contribution >= 4 is 18.2 Å². The van der Waals surface area contributed by atoms with Gasteiger partial charge in [-0.1, -0.05) is 18.2 Å². The number of esters is 1. The third-order valence-corrected chi connectivity index (χ3v) is 4.79. The van der Waals surface area contributed by atoms with Gasteiger partial charge in [-0.3, -0.25) is 9.36 Å². The first kappa shape index (κ1) is 16.9. The summed E-state index contributed by atoms with van der Waals surface area (Å²) in [6.45, 7) is 4.77. The number of carbonyl (C=O) groups is 1. The first-order chi connectivity index (χ1) is 11.7. The van der Waals surface area contributed by atoms with E-state index in [1.807, 2.05) is 46.5 Å². The second kappa shape index (κ2) is 7.72. The number of rotatable bonds is 5. The number of likely N-dealkylation sites (tertiary alicyclic amines) is 1. The summed E-state index contributed by atoms with van der Waals surface area (Å²) in [6.07, 6.45) is 3.68. The highest BCUT2D eigenvalue weighted by atomic mass is 32.1. The van der Waals surface area contributed by atoms with Crippen molar-refractivity contribution in [3.63, 3.8) is 0 Å². The fourth-order valence-electron chi connectivity index (χ4n) is 3.18. The Morgan fingerprint density at radius 2 is 2.21 bits per heavy atom. The molecule has 1 aliphatic rings. The van der Waals surface area contributed by atoms with E-state index in [4.69, 9.17) is 17.0 Å². The second-order valence-corrected chi connectivity index (χ2v) is 6.44. The zero-order chi connectivity index (χ0) is 16.9. The van der Waals surface area contributed by atoms with E-state index in [0.717, 1.165) is 31.6 Å². The number of para-hydroxylation sites is 1. The predicted octanol–water partition coefficient (Wildman–Crippen LogP) is 1.22. The van der Waals surface area contributed by atoms with Gasteiger partial charge in [0.2, 0.25) is 4.77 Å². The van der Waals surface area contributed by atoms with Crippen LogP contribution in [0.2, 0.25) is 0 Å². The highest BCUT2D eigenvalue weighted by Crippen LogP contribution is 2.10. The Morgan fingerprint density at radius 3 is 2.96 bits per heavy atom. The number of aromatic nitrogens is 3. The molecule has 1 unspecified atom stereocenters. The van der Waals surface area contributed by atoms with Crippen LogP contribution in [-0.4, -0.2) is 40.0 Å². The molecule has 1 aromatic carbocycles. The Balaban J connectivity index is 1.69. The van der Waals surface area contributed by atoms with Crippen molar-refractivity contribution < 1.29 is 14.4 Å². The molecule has 0 radical (unpaired) electrons. The lowest BCUT2D eigenvalue weighted by Crippen LogP contribution is -3.13. The minimum absolute atomic E-state index is 0.0147. The van der Waals surface area contributed by atoms with E-state index in [9.17, 15) is 4.79 Å². The van der Waals surface area contributed by atoms with Crippen molar-refractivity contribution in [1.82, 2.24) is 14.3 Å². The van der Waals surface area contributed by atoms with E-state index in [-0.39, 0.29) is 11.9 Å². The monoisotopic (exact) mass is 347 g/mol. The van der Waals surface area contributed by atoms with E-state index >= 15 is 0 Å². The van der Waals surface area contributed by atoms with Gasteiger partial charge in [-0.05, 0) is 44.1 Å². The van der Waals surface area contributed by atoms with Gasteiger partial charge in [-0.25, -0.2) is 0 Å². The highest BCUT2D eigenvalue weighted by molar-refractivity contribution is 7.71. The average molecular weight is 347 g/mol.